The van der Waals surface area contributed by atoms with Crippen molar-refractivity contribution >= 4 is 11.9 Å². The second kappa shape index (κ2) is 8.06. The number of hydrogen-bond acceptors (Lipinski definition) is 5. The lowest BCUT2D eigenvalue weighted by atomic mass is 10.1. The predicted octanol–water partition coefficient (Wildman–Crippen LogP) is -0.628. The van der Waals surface area contributed by atoms with Crippen LogP contribution in [0.4, 0.5) is 0 Å². The molecule has 0 bridgehead atoms. The zero-order chi connectivity index (χ0) is 12.6. The summed E-state index contributed by atoms with van der Waals surface area (Å²) in [5.41, 5.74) is 5.68. The van der Waals surface area contributed by atoms with Crippen LogP contribution in [0.3, 0.4) is 0 Å². The summed E-state index contributed by atoms with van der Waals surface area (Å²) in [5, 5.41) is 0. The predicted molar refractivity (Wildman–Crippen MR) is 58.7 cm³/mol. The Hall–Kier alpha value is -1.14. The first-order valence-electron chi connectivity index (χ1n) is 5.09. The zero-order valence-electron chi connectivity index (χ0n) is 10.1. The molecule has 0 radical (unpaired) electrons. The Balaban J connectivity index is 3.96. The van der Waals surface area contributed by atoms with Crippen LogP contribution in [0.5, 0.6) is 0 Å². The van der Waals surface area contributed by atoms with E-state index in [4.69, 9.17) is 10.5 Å². The third kappa shape index (κ3) is 5.67. The molecule has 0 aromatic rings. The maximum absolute atomic E-state index is 11.6. The van der Waals surface area contributed by atoms with Gasteiger partial charge in [0, 0.05) is 20.8 Å². The molecule has 0 saturated carbocycles. The van der Waals surface area contributed by atoms with Crippen molar-refractivity contribution in [1.29, 1.82) is 0 Å². The number of rotatable bonds is 7. The fraction of sp³-hybridized carbons (Fsp3) is 0.800. The van der Waals surface area contributed by atoms with Gasteiger partial charge in [0.05, 0.1) is 13.2 Å². The van der Waals surface area contributed by atoms with E-state index in [1.54, 1.807) is 7.11 Å². The van der Waals surface area contributed by atoms with Crippen LogP contribution in [-0.4, -0.2) is 57.2 Å². The highest BCUT2D eigenvalue weighted by Gasteiger charge is 2.19. The summed E-state index contributed by atoms with van der Waals surface area (Å²) in [6.07, 6.45) is 1.26. The third-order valence-corrected chi connectivity index (χ3v) is 2.15. The summed E-state index contributed by atoms with van der Waals surface area (Å²) in [7, 11) is 4.39. The van der Waals surface area contributed by atoms with Crippen molar-refractivity contribution < 1.29 is 19.1 Å². The van der Waals surface area contributed by atoms with Crippen LogP contribution in [0.25, 0.3) is 0 Å². The molecule has 0 aliphatic rings. The van der Waals surface area contributed by atoms with Crippen LogP contribution in [0.15, 0.2) is 0 Å². The average molecular weight is 232 g/mol. The SMILES string of the molecule is COCCCC(N)C(=O)N(C)CC(=O)OC. The van der Waals surface area contributed by atoms with E-state index in [2.05, 4.69) is 4.74 Å². The van der Waals surface area contributed by atoms with E-state index in [1.165, 1.54) is 19.1 Å². The number of nitrogens with two attached hydrogens (primary N) is 1. The van der Waals surface area contributed by atoms with E-state index in [1.807, 2.05) is 0 Å². The lowest BCUT2D eigenvalue weighted by molar-refractivity contribution is -0.146. The number of carbonyl (C=O) groups is 2. The first-order valence-corrected chi connectivity index (χ1v) is 5.09. The summed E-state index contributed by atoms with van der Waals surface area (Å²) < 4.78 is 9.32. The molecule has 94 valence electrons. The quantitative estimate of drug-likeness (QED) is 0.467. The first-order chi connectivity index (χ1) is 7.52. The number of hydrogen-bond donors (Lipinski definition) is 1. The van der Waals surface area contributed by atoms with Crippen molar-refractivity contribution in [3.63, 3.8) is 0 Å². The third-order valence-electron chi connectivity index (χ3n) is 2.15. The van der Waals surface area contributed by atoms with Crippen LogP contribution in [-0.2, 0) is 19.1 Å². The molecule has 1 atom stereocenters. The number of esters is 1. The number of amides is 1. The molecule has 0 spiro atoms. The first kappa shape index (κ1) is 14.9. The minimum Gasteiger partial charge on any atom is -0.468 e. The molecule has 0 rings (SSSR count). The maximum Gasteiger partial charge on any atom is 0.325 e. The summed E-state index contributed by atoms with van der Waals surface area (Å²) in [5.74, 6) is -0.721. The van der Waals surface area contributed by atoms with Crippen molar-refractivity contribution in [3.8, 4) is 0 Å². The van der Waals surface area contributed by atoms with E-state index in [0.29, 0.717) is 13.0 Å². The second-order valence-corrected chi connectivity index (χ2v) is 3.51. The molecule has 1 amide bonds. The van der Waals surface area contributed by atoms with E-state index in [9.17, 15) is 9.59 Å². The van der Waals surface area contributed by atoms with Gasteiger partial charge in [-0.05, 0) is 12.8 Å². The fourth-order valence-corrected chi connectivity index (χ4v) is 1.19. The molecular formula is C10H20N2O4. The van der Waals surface area contributed by atoms with Crippen LogP contribution in [0.2, 0.25) is 0 Å². The normalized spacial score (nSPS) is 12.0. The Morgan fingerprint density at radius 1 is 1.38 bits per heavy atom. The van der Waals surface area contributed by atoms with Crippen molar-refractivity contribution in [2.45, 2.75) is 18.9 Å². The Labute approximate surface area is 95.7 Å². The van der Waals surface area contributed by atoms with Gasteiger partial charge in [0.15, 0.2) is 0 Å². The van der Waals surface area contributed by atoms with Gasteiger partial charge in [-0.25, -0.2) is 0 Å². The molecule has 0 saturated heterocycles. The van der Waals surface area contributed by atoms with Gasteiger partial charge in [-0.15, -0.1) is 0 Å². The Bertz CT molecular complexity index is 233. The van der Waals surface area contributed by atoms with Crippen LogP contribution < -0.4 is 5.73 Å². The van der Waals surface area contributed by atoms with Crippen LogP contribution in [0.1, 0.15) is 12.8 Å². The topological polar surface area (TPSA) is 81.9 Å². The minimum absolute atomic E-state index is 0.0761. The fourth-order valence-electron chi connectivity index (χ4n) is 1.19. The maximum atomic E-state index is 11.6. The Kier molecular flexibility index (Phi) is 7.49. The molecule has 0 heterocycles. The summed E-state index contributed by atoms with van der Waals surface area (Å²) in [6, 6.07) is -0.593. The van der Waals surface area contributed by atoms with E-state index in [-0.39, 0.29) is 12.5 Å². The van der Waals surface area contributed by atoms with Gasteiger partial charge in [0.2, 0.25) is 5.91 Å². The highest BCUT2D eigenvalue weighted by molar-refractivity contribution is 5.85. The van der Waals surface area contributed by atoms with E-state index < -0.39 is 12.0 Å². The van der Waals surface area contributed by atoms with Crippen LogP contribution >= 0.6 is 0 Å². The molecule has 0 aliphatic heterocycles. The largest absolute Gasteiger partial charge is 0.468 e. The standard InChI is InChI=1S/C10H20N2O4/c1-12(7-9(13)16-3)10(14)8(11)5-4-6-15-2/h8H,4-7,11H2,1-3H3. The van der Waals surface area contributed by atoms with Gasteiger partial charge in [0.25, 0.3) is 0 Å². The highest BCUT2D eigenvalue weighted by atomic mass is 16.5. The average Bonchev–Trinajstić information content (AvgIpc) is 2.27. The van der Waals surface area contributed by atoms with Crippen LogP contribution in [0, 0.1) is 0 Å². The molecule has 6 nitrogen and oxygen atoms in total. The number of ether oxygens (including phenoxy) is 2. The number of methoxy groups -OCH3 is 2. The van der Waals surface area contributed by atoms with Gasteiger partial charge >= 0.3 is 5.97 Å². The van der Waals surface area contributed by atoms with Crippen molar-refractivity contribution in [2.75, 3.05) is 34.4 Å². The molecular weight excluding hydrogens is 212 g/mol. The molecule has 0 aliphatic carbocycles. The zero-order valence-corrected chi connectivity index (χ0v) is 10.1. The van der Waals surface area contributed by atoms with Gasteiger partial charge in [-0.1, -0.05) is 0 Å². The smallest absolute Gasteiger partial charge is 0.325 e. The molecule has 0 fully saturated rings. The lowest BCUT2D eigenvalue weighted by Crippen LogP contribution is -2.44. The molecule has 16 heavy (non-hydrogen) atoms. The molecule has 6 heteroatoms. The van der Waals surface area contributed by atoms with Gasteiger partial charge in [-0.2, -0.15) is 0 Å². The molecule has 1 unspecified atom stereocenters. The summed E-state index contributed by atoms with van der Waals surface area (Å²) in [4.78, 5) is 23.8. The van der Waals surface area contributed by atoms with E-state index >= 15 is 0 Å². The number of nitrogens with zero attached hydrogens (tertiary/aromatic N) is 1. The minimum atomic E-state index is -0.593. The van der Waals surface area contributed by atoms with Crippen molar-refractivity contribution in [3.05, 3.63) is 0 Å². The molecule has 0 aromatic heterocycles. The lowest BCUT2D eigenvalue weighted by Gasteiger charge is -2.19. The Morgan fingerprint density at radius 3 is 2.50 bits per heavy atom. The summed E-state index contributed by atoms with van der Waals surface area (Å²) in [6.45, 7) is 0.495. The second-order valence-electron chi connectivity index (χ2n) is 3.51. The van der Waals surface area contributed by atoms with Crippen molar-refractivity contribution in [2.24, 2.45) is 5.73 Å². The monoisotopic (exact) mass is 232 g/mol. The molecule has 2 N–H and O–H groups in total. The van der Waals surface area contributed by atoms with Gasteiger partial charge in [-0.3, -0.25) is 9.59 Å². The highest BCUT2D eigenvalue weighted by Crippen LogP contribution is 1.99. The van der Waals surface area contributed by atoms with Gasteiger partial charge < -0.3 is 20.1 Å². The number of carbonyl (C=O) groups excluding carboxylic acids is 2. The molecule has 0 aromatic carbocycles. The summed E-state index contributed by atoms with van der Waals surface area (Å²) >= 11 is 0. The van der Waals surface area contributed by atoms with Gasteiger partial charge in [0.1, 0.15) is 6.54 Å². The number of likely N-dealkylation sites (N-methyl/N-ethyl adjacent to an activating group) is 1. The Morgan fingerprint density at radius 2 is 2.00 bits per heavy atom. The van der Waals surface area contributed by atoms with E-state index in [0.717, 1.165) is 6.42 Å². The van der Waals surface area contributed by atoms with Crippen molar-refractivity contribution in [1.82, 2.24) is 4.90 Å².